The highest BCUT2D eigenvalue weighted by atomic mass is 127. The van der Waals surface area contributed by atoms with E-state index in [1.807, 2.05) is 0 Å². The summed E-state index contributed by atoms with van der Waals surface area (Å²) in [5.74, 6) is 1.12. The van der Waals surface area contributed by atoms with Crippen molar-refractivity contribution in [1.29, 1.82) is 0 Å². The van der Waals surface area contributed by atoms with E-state index >= 15 is 0 Å². The summed E-state index contributed by atoms with van der Waals surface area (Å²) in [4.78, 5) is 4.21. The van der Waals surface area contributed by atoms with Crippen LogP contribution >= 0.6 is 24.0 Å². The molecule has 8 heteroatoms. The molecule has 1 aliphatic rings. The largest absolute Gasteiger partial charge is 0.494 e. The number of ether oxygens (including phenoxy) is 2. The molecule has 1 aromatic rings. The predicted molar refractivity (Wildman–Crippen MR) is 111 cm³/mol. The van der Waals surface area contributed by atoms with E-state index in [1.165, 1.54) is 12.1 Å². The van der Waals surface area contributed by atoms with Crippen molar-refractivity contribution < 1.29 is 19.0 Å². The third-order valence-corrected chi connectivity index (χ3v) is 4.38. The second-order valence-corrected chi connectivity index (χ2v) is 6.28. The van der Waals surface area contributed by atoms with Crippen LogP contribution in [0, 0.1) is 11.2 Å². The zero-order valence-electron chi connectivity index (χ0n) is 15.2. The van der Waals surface area contributed by atoms with Gasteiger partial charge >= 0.3 is 0 Å². The summed E-state index contributed by atoms with van der Waals surface area (Å²) in [5.41, 5.74) is -0.0158. The van der Waals surface area contributed by atoms with Crippen LogP contribution in [0.5, 0.6) is 5.75 Å². The van der Waals surface area contributed by atoms with Crippen LogP contribution in [0.15, 0.2) is 29.3 Å². The number of nitrogens with zero attached hydrogens (tertiary/aromatic N) is 1. The Balaban J connectivity index is 0.00000338. The van der Waals surface area contributed by atoms with Crippen LogP contribution in [0.3, 0.4) is 0 Å². The predicted octanol–water partition coefficient (Wildman–Crippen LogP) is 2.17. The molecule has 2 rings (SSSR count). The number of halogens is 2. The van der Waals surface area contributed by atoms with Crippen LogP contribution in [-0.4, -0.2) is 57.6 Å². The molecule has 1 heterocycles. The first-order valence-corrected chi connectivity index (χ1v) is 8.69. The lowest BCUT2D eigenvalue weighted by Gasteiger charge is -2.27. The van der Waals surface area contributed by atoms with Crippen molar-refractivity contribution in [2.45, 2.75) is 19.3 Å². The molecule has 1 aromatic carbocycles. The lowest BCUT2D eigenvalue weighted by Crippen LogP contribution is -2.44. The van der Waals surface area contributed by atoms with Gasteiger partial charge in [0.1, 0.15) is 11.6 Å². The van der Waals surface area contributed by atoms with Crippen LogP contribution in [0.2, 0.25) is 0 Å². The van der Waals surface area contributed by atoms with Gasteiger partial charge in [-0.1, -0.05) is 0 Å². The van der Waals surface area contributed by atoms with E-state index in [-0.39, 0.29) is 41.8 Å². The smallest absolute Gasteiger partial charge is 0.191 e. The van der Waals surface area contributed by atoms with E-state index in [1.54, 1.807) is 19.2 Å². The number of nitrogens with one attached hydrogen (secondary N) is 2. The molecule has 0 amide bonds. The van der Waals surface area contributed by atoms with Crippen molar-refractivity contribution in [2.24, 2.45) is 10.4 Å². The van der Waals surface area contributed by atoms with Gasteiger partial charge in [-0.05, 0) is 43.5 Å². The zero-order chi connectivity index (χ0) is 18.0. The minimum absolute atomic E-state index is 0. The number of hydrogen-bond donors (Lipinski definition) is 3. The number of rotatable bonds is 9. The fraction of sp³-hybridized carbons (Fsp3) is 0.611. The van der Waals surface area contributed by atoms with Gasteiger partial charge in [0.25, 0.3) is 0 Å². The molecule has 1 aliphatic heterocycles. The van der Waals surface area contributed by atoms with E-state index in [4.69, 9.17) is 9.47 Å². The SMILES string of the molecule is CN=C(NCCCOc1ccc(F)cc1)NCC1(CCO)CCOC1.I. The van der Waals surface area contributed by atoms with E-state index in [9.17, 15) is 9.50 Å². The first-order valence-electron chi connectivity index (χ1n) is 8.69. The average molecular weight is 481 g/mol. The fourth-order valence-electron chi connectivity index (χ4n) is 2.80. The number of aliphatic imine (C=N–C) groups is 1. The molecule has 0 saturated carbocycles. The molecular formula is C18H29FIN3O3. The molecule has 1 unspecified atom stereocenters. The maximum atomic E-state index is 12.8. The van der Waals surface area contributed by atoms with Gasteiger partial charge in [-0.2, -0.15) is 0 Å². The Morgan fingerprint density at radius 3 is 2.73 bits per heavy atom. The number of guanidine groups is 1. The van der Waals surface area contributed by atoms with E-state index in [0.29, 0.717) is 25.5 Å². The van der Waals surface area contributed by atoms with E-state index < -0.39 is 0 Å². The zero-order valence-corrected chi connectivity index (χ0v) is 17.5. The molecule has 1 fully saturated rings. The van der Waals surface area contributed by atoms with Gasteiger partial charge in [0.2, 0.25) is 0 Å². The van der Waals surface area contributed by atoms with Crippen LogP contribution in [-0.2, 0) is 4.74 Å². The Labute approximate surface area is 171 Å². The minimum Gasteiger partial charge on any atom is -0.494 e. The number of aliphatic hydroxyl groups is 1. The van der Waals surface area contributed by atoms with Gasteiger partial charge in [-0.3, -0.25) is 4.99 Å². The van der Waals surface area contributed by atoms with Gasteiger partial charge < -0.3 is 25.2 Å². The normalized spacial score (nSPS) is 19.7. The van der Waals surface area contributed by atoms with Gasteiger partial charge in [0, 0.05) is 38.8 Å². The van der Waals surface area contributed by atoms with Crippen molar-refractivity contribution in [3.05, 3.63) is 30.1 Å². The van der Waals surface area contributed by atoms with Crippen LogP contribution < -0.4 is 15.4 Å². The van der Waals surface area contributed by atoms with Crippen LogP contribution in [0.25, 0.3) is 0 Å². The fourth-order valence-corrected chi connectivity index (χ4v) is 2.80. The van der Waals surface area contributed by atoms with Gasteiger partial charge in [-0.25, -0.2) is 4.39 Å². The molecule has 0 bridgehead atoms. The maximum absolute atomic E-state index is 12.8. The molecule has 0 spiro atoms. The summed E-state index contributed by atoms with van der Waals surface area (Å²) >= 11 is 0. The Morgan fingerprint density at radius 2 is 2.12 bits per heavy atom. The van der Waals surface area contributed by atoms with Gasteiger partial charge in [-0.15, -0.1) is 24.0 Å². The second kappa shape index (κ2) is 12.3. The third kappa shape index (κ3) is 7.63. The molecule has 0 aliphatic carbocycles. The molecule has 26 heavy (non-hydrogen) atoms. The molecule has 0 radical (unpaired) electrons. The Bertz CT molecular complexity index is 537. The Kier molecular flexibility index (Phi) is 10.8. The van der Waals surface area contributed by atoms with Crippen molar-refractivity contribution >= 4 is 29.9 Å². The second-order valence-electron chi connectivity index (χ2n) is 6.28. The quantitative estimate of drug-likeness (QED) is 0.218. The first-order chi connectivity index (χ1) is 12.2. The molecule has 1 saturated heterocycles. The molecule has 1 atom stereocenters. The first kappa shape index (κ1) is 22.9. The lowest BCUT2D eigenvalue weighted by molar-refractivity contribution is 0.127. The number of hydrogen-bond acceptors (Lipinski definition) is 4. The molecular weight excluding hydrogens is 452 g/mol. The summed E-state index contributed by atoms with van der Waals surface area (Å²) < 4.78 is 23.9. The minimum atomic E-state index is -0.268. The topological polar surface area (TPSA) is 75.1 Å². The average Bonchev–Trinajstić information content (AvgIpc) is 3.08. The molecule has 0 aromatic heterocycles. The standard InChI is InChI=1S/C18H28FN3O3.HI/c1-20-17(22-13-18(7-10-23)8-12-24-14-18)21-9-2-11-25-16-5-3-15(19)4-6-16;/h3-6,23H,2,7-14H2,1H3,(H2,20,21,22);1H. The summed E-state index contributed by atoms with van der Waals surface area (Å²) in [5, 5.41) is 15.8. The van der Waals surface area contributed by atoms with Crippen LogP contribution in [0.4, 0.5) is 4.39 Å². The monoisotopic (exact) mass is 481 g/mol. The Hall–Kier alpha value is -1.13. The number of benzene rings is 1. The summed E-state index contributed by atoms with van der Waals surface area (Å²) in [6.07, 6.45) is 2.47. The van der Waals surface area contributed by atoms with Crippen molar-refractivity contribution in [3.63, 3.8) is 0 Å². The summed E-state index contributed by atoms with van der Waals surface area (Å²) in [7, 11) is 1.73. The summed E-state index contributed by atoms with van der Waals surface area (Å²) in [6.45, 7) is 3.55. The van der Waals surface area contributed by atoms with Gasteiger partial charge in [0.15, 0.2) is 5.96 Å². The summed E-state index contributed by atoms with van der Waals surface area (Å²) in [6, 6.07) is 6.00. The molecule has 6 nitrogen and oxygen atoms in total. The van der Waals surface area contributed by atoms with E-state index in [2.05, 4.69) is 15.6 Å². The maximum Gasteiger partial charge on any atom is 0.191 e. The van der Waals surface area contributed by atoms with Crippen LogP contribution in [0.1, 0.15) is 19.3 Å². The molecule has 3 N–H and O–H groups in total. The lowest BCUT2D eigenvalue weighted by atomic mass is 9.84. The third-order valence-electron chi connectivity index (χ3n) is 4.38. The van der Waals surface area contributed by atoms with Gasteiger partial charge in [0.05, 0.1) is 13.2 Å². The highest BCUT2D eigenvalue weighted by Crippen LogP contribution is 2.31. The molecule has 148 valence electrons. The highest BCUT2D eigenvalue weighted by Gasteiger charge is 2.34. The highest BCUT2D eigenvalue weighted by molar-refractivity contribution is 14.0. The van der Waals surface area contributed by atoms with Crippen molar-refractivity contribution in [2.75, 3.05) is 46.6 Å². The Morgan fingerprint density at radius 1 is 1.35 bits per heavy atom. The van der Waals surface area contributed by atoms with Crippen molar-refractivity contribution in [3.8, 4) is 5.75 Å². The van der Waals surface area contributed by atoms with E-state index in [0.717, 1.165) is 38.4 Å². The number of aliphatic hydroxyl groups excluding tert-OH is 1. The van der Waals surface area contributed by atoms with Crippen molar-refractivity contribution in [1.82, 2.24) is 10.6 Å².